The van der Waals surface area contributed by atoms with Gasteiger partial charge in [0.1, 0.15) is 5.75 Å². The summed E-state index contributed by atoms with van der Waals surface area (Å²) in [5.41, 5.74) is 1.07. The molecule has 82 valence electrons. The van der Waals surface area contributed by atoms with E-state index in [4.69, 9.17) is 4.74 Å². The zero-order valence-corrected chi connectivity index (χ0v) is 9.39. The highest BCUT2D eigenvalue weighted by atomic mass is 32.1. The number of fused-ring (bicyclic) bond motifs is 1. The SMILES string of the molecule is C.COc1ccc2nc(C(C)C)sc2c1. The predicted octanol–water partition coefficient (Wildman–Crippen LogP) is 4.06. The largest absolute Gasteiger partial charge is 0.497 e. The van der Waals surface area contributed by atoms with Crippen LogP contribution in [0.2, 0.25) is 0 Å². The van der Waals surface area contributed by atoms with Gasteiger partial charge in [-0.2, -0.15) is 0 Å². The molecule has 0 radical (unpaired) electrons. The second kappa shape index (κ2) is 4.62. The van der Waals surface area contributed by atoms with Crippen molar-refractivity contribution < 1.29 is 4.74 Å². The maximum Gasteiger partial charge on any atom is 0.120 e. The third-order valence-electron chi connectivity index (χ3n) is 2.11. The number of hydrogen-bond acceptors (Lipinski definition) is 3. The van der Waals surface area contributed by atoms with Crippen molar-refractivity contribution >= 4 is 21.6 Å². The summed E-state index contributed by atoms with van der Waals surface area (Å²) in [6.45, 7) is 4.32. The van der Waals surface area contributed by atoms with Gasteiger partial charge in [-0.05, 0) is 18.2 Å². The Labute approximate surface area is 94.9 Å². The Morgan fingerprint density at radius 2 is 2.07 bits per heavy atom. The van der Waals surface area contributed by atoms with Gasteiger partial charge in [-0.25, -0.2) is 4.98 Å². The molecule has 2 nitrogen and oxygen atoms in total. The van der Waals surface area contributed by atoms with Gasteiger partial charge in [0.25, 0.3) is 0 Å². The number of ether oxygens (including phenoxy) is 1. The Kier molecular flexibility index (Phi) is 3.69. The molecule has 0 saturated heterocycles. The maximum atomic E-state index is 5.17. The van der Waals surface area contributed by atoms with Gasteiger partial charge in [-0.3, -0.25) is 0 Å². The first-order valence-electron chi connectivity index (χ1n) is 4.65. The van der Waals surface area contributed by atoms with Crippen LogP contribution < -0.4 is 4.74 Å². The molecule has 0 amide bonds. The van der Waals surface area contributed by atoms with Crippen molar-refractivity contribution in [1.29, 1.82) is 0 Å². The predicted molar refractivity (Wildman–Crippen MR) is 67.0 cm³/mol. The van der Waals surface area contributed by atoms with Crippen LogP contribution in [0.1, 0.15) is 32.2 Å². The summed E-state index contributed by atoms with van der Waals surface area (Å²) in [6.07, 6.45) is 0. The third kappa shape index (κ3) is 2.29. The molecule has 0 aliphatic carbocycles. The lowest BCUT2D eigenvalue weighted by molar-refractivity contribution is 0.415. The summed E-state index contributed by atoms with van der Waals surface area (Å²) in [5.74, 6) is 1.40. The quantitative estimate of drug-likeness (QED) is 0.765. The zero-order chi connectivity index (χ0) is 10.1. The lowest BCUT2D eigenvalue weighted by Crippen LogP contribution is -1.83. The molecule has 0 aliphatic heterocycles. The first-order valence-corrected chi connectivity index (χ1v) is 5.47. The van der Waals surface area contributed by atoms with Crippen molar-refractivity contribution in [3.05, 3.63) is 23.2 Å². The molecule has 0 N–H and O–H groups in total. The van der Waals surface area contributed by atoms with Crippen LogP contribution in [-0.4, -0.2) is 12.1 Å². The van der Waals surface area contributed by atoms with E-state index in [2.05, 4.69) is 18.8 Å². The monoisotopic (exact) mass is 223 g/mol. The molecule has 0 spiro atoms. The minimum Gasteiger partial charge on any atom is -0.497 e. The normalized spacial score (nSPS) is 10.4. The highest BCUT2D eigenvalue weighted by Crippen LogP contribution is 2.29. The minimum absolute atomic E-state index is 0. The average Bonchev–Trinajstić information content (AvgIpc) is 2.59. The van der Waals surface area contributed by atoms with Crippen LogP contribution in [0.4, 0.5) is 0 Å². The summed E-state index contributed by atoms with van der Waals surface area (Å²) < 4.78 is 6.37. The molecular weight excluding hydrogens is 206 g/mol. The summed E-state index contributed by atoms with van der Waals surface area (Å²) in [6, 6.07) is 6.00. The Morgan fingerprint density at radius 3 is 2.67 bits per heavy atom. The standard InChI is InChI=1S/C11H13NOS.CH4/c1-7(2)11-12-9-5-4-8(13-3)6-10(9)14-11;/h4-7H,1-3H3;1H4. The first kappa shape index (κ1) is 12.0. The minimum atomic E-state index is 0. The maximum absolute atomic E-state index is 5.17. The van der Waals surface area contributed by atoms with Crippen LogP contribution >= 0.6 is 11.3 Å². The molecule has 0 atom stereocenters. The van der Waals surface area contributed by atoms with E-state index in [1.165, 1.54) is 9.71 Å². The van der Waals surface area contributed by atoms with Gasteiger partial charge >= 0.3 is 0 Å². The Balaban J connectivity index is 0.00000112. The number of aromatic nitrogens is 1. The Bertz CT molecular complexity index is 448. The third-order valence-corrected chi connectivity index (χ3v) is 3.42. The van der Waals surface area contributed by atoms with E-state index >= 15 is 0 Å². The number of methoxy groups -OCH3 is 1. The highest BCUT2D eigenvalue weighted by Gasteiger charge is 2.07. The molecule has 2 aromatic rings. The summed E-state index contributed by atoms with van der Waals surface area (Å²) in [4.78, 5) is 4.55. The molecule has 15 heavy (non-hydrogen) atoms. The topological polar surface area (TPSA) is 22.1 Å². The van der Waals surface area contributed by atoms with Crippen LogP contribution in [0, 0.1) is 0 Å². The van der Waals surface area contributed by atoms with Crippen molar-refractivity contribution in [3.63, 3.8) is 0 Å². The van der Waals surface area contributed by atoms with Gasteiger partial charge in [0.15, 0.2) is 0 Å². The second-order valence-corrected chi connectivity index (χ2v) is 4.60. The molecule has 2 rings (SSSR count). The fourth-order valence-corrected chi connectivity index (χ4v) is 2.30. The van der Waals surface area contributed by atoms with Gasteiger partial charge in [-0.1, -0.05) is 21.3 Å². The number of thiazole rings is 1. The number of hydrogen-bond donors (Lipinski definition) is 0. The first-order chi connectivity index (χ1) is 6.70. The molecule has 0 unspecified atom stereocenters. The van der Waals surface area contributed by atoms with E-state index in [0.717, 1.165) is 11.3 Å². The lowest BCUT2D eigenvalue weighted by Gasteiger charge is -1.96. The van der Waals surface area contributed by atoms with Crippen LogP contribution in [-0.2, 0) is 0 Å². The van der Waals surface area contributed by atoms with Crippen LogP contribution in [0.15, 0.2) is 18.2 Å². The molecular formula is C12H17NOS. The molecule has 3 heteroatoms. The molecule has 0 fully saturated rings. The molecule has 1 heterocycles. The molecule has 0 bridgehead atoms. The van der Waals surface area contributed by atoms with Crippen molar-refractivity contribution in [2.45, 2.75) is 27.2 Å². The van der Waals surface area contributed by atoms with Gasteiger partial charge in [0, 0.05) is 5.92 Å². The van der Waals surface area contributed by atoms with Crippen molar-refractivity contribution in [2.75, 3.05) is 7.11 Å². The van der Waals surface area contributed by atoms with Gasteiger partial charge in [0.05, 0.1) is 22.3 Å². The second-order valence-electron chi connectivity index (χ2n) is 3.54. The summed E-state index contributed by atoms with van der Waals surface area (Å²) in [5, 5.41) is 1.19. The average molecular weight is 223 g/mol. The number of rotatable bonds is 2. The zero-order valence-electron chi connectivity index (χ0n) is 8.57. The van der Waals surface area contributed by atoms with Crippen LogP contribution in [0.3, 0.4) is 0 Å². The van der Waals surface area contributed by atoms with Crippen LogP contribution in [0.25, 0.3) is 10.2 Å². The van der Waals surface area contributed by atoms with Crippen LogP contribution in [0.5, 0.6) is 5.75 Å². The van der Waals surface area contributed by atoms with Gasteiger partial charge < -0.3 is 4.74 Å². The van der Waals surface area contributed by atoms with Crippen molar-refractivity contribution in [1.82, 2.24) is 4.98 Å². The number of nitrogens with zero attached hydrogens (tertiary/aromatic N) is 1. The van der Waals surface area contributed by atoms with Crippen molar-refractivity contribution in [2.24, 2.45) is 0 Å². The van der Waals surface area contributed by atoms with E-state index in [1.807, 2.05) is 18.2 Å². The summed E-state index contributed by atoms with van der Waals surface area (Å²) in [7, 11) is 1.69. The highest BCUT2D eigenvalue weighted by molar-refractivity contribution is 7.18. The van der Waals surface area contributed by atoms with E-state index in [1.54, 1.807) is 18.4 Å². The van der Waals surface area contributed by atoms with Crippen molar-refractivity contribution in [3.8, 4) is 5.75 Å². The molecule has 1 aromatic carbocycles. The lowest BCUT2D eigenvalue weighted by atomic mass is 10.2. The summed E-state index contributed by atoms with van der Waals surface area (Å²) >= 11 is 1.74. The smallest absolute Gasteiger partial charge is 0.120 e. The molecule has 0 aliphatic rings. The van der Waals surface area contributed by atoms with Gasteiger partial charge in [0.2, 0.25) is 0 Å². The Hall–Kier alpha value is -1.09. The fourth-order valence-electron chi connectivity index (χ4n) is 1.30. The molecule has 1 aromatic heterocycles. The van der Waals surface area contributed by atoms with E-state index in [0.29, 0.717) is 5.92 Å². The van der Waals surface area contributed by atoms with E-state index < -0.39 is 0 Å². The van der Waals surface area contributed by atoms with E-state index in [9.17, 15) is 0 Å². The van der Waals surface area contributed by atoms with Gasteiger partial charge in [-0.15, -0.1) is 11.3 Å². The number of benzene rings is 1. The molecule has 0 saturated carbocycles. The van der Waals surface area contributed by atoms with E-state index in [-0.39, 0.29) is 7.43 Å². The fraction of sp³-hybridized carbons (Fsp3) is 0.417. The Morgan fingerprint density at radius 1 is 1.33 bits per heavy atom.